The maximum absolute atomic E-state index is 10.9. The number of halogens is 1. The summed E-state index contributed by atoms with van der Waals surface area (Å²) in [5.41, 5.74) is 1.58. The zero-order chi connectivity index (χ0) is 12.6. The Morgan fingerprint density at radius 2 is 2.00 bits per heavy atom. The molecule has 1 aromatic rings. The molecule has 0 atom stereocenters. The molecule has 0 saturated heterocycles. The Bertz CT molecular complexity index is 500. The molecule has 6 heteroatoms. The van der Waals surface area contributed by atoms with E-state index in [1.54, 1.807) is 6.07 Å². The molecule has 1 amide bonds. The second-order valence-corrected chi connectivity index (χ2v) is 4.20. The van der Waals surface area contributed by atoms with Crippen LogP contribution in [0.25, 0.3) is 0 Å². The van der Waals surface area contributed by atoms with Gasteiger partial charge in [-0.1, -0.05) is 17.7 Å². The largest absolute Gasteiger partial charge is 0.478 e. The number of benzene rings is 1. The summed E-state index contributed by atoms with van der Waals surface area (Å²) >= 11 is 6.00. The predicted molar refractivity (Wildman–Crippen MR) is 60.6 cm³/mol. The molecule has 17 heavy (non-hydrogen) atoms. The summed E-state index contributed by atoms with van der Waals surface area (Å²) in [5, 5.41) is 18.0. The highest BCUT2D eigenvalue weighted by Crippen LogP contribution is 2.29. The zero-order valence-corrected chi connectivity index (χ0v) is 9.57. The van der Waals surface area contributed by atoms with Gasteiger partial charge in [0, 0.05) is 13.1 Å². The van der Waals surface area contributed by atoms with Crippen molar-refractivity contribution in [2.24, 2.45) is 0 Å². The Kier molecular flexibility index (Phi) is 2.93. The Morgan fingerprint density at radius 1 is 1.29 bits per heavy atom. The van der Waals surface area contributed by atoms with Crippen LogP contribution in [-0.2, 0) is 13.0 Å². The summed E-state index contributed by atoms with van der Waals surface area (Å²) in [7, 11) is 0. The molecule has 90 valence electrons. The molecule has 1 aliphatic rings. The zero-order valence-electron chi connectivity index (χ0n) is 8.81. The molecule has 5 nitrogen and oxygen atoms in total. The van der Waals surface area contributed by atoms with Gasteiger partial charge in [0.1, 0.15) is 0 Å². The first-order valence-electron chi connectivity index (χ1n) is 5.02. The number of rotatable bonds is 1. The molecule has 0 unspecified atom stereocenters. The lowest BCUT2D eigenvalue weighted by atomic mass is 9.97. The van der Waals surface area contributed by atoms with E-state index < -0.39 is 12.1 Å². The van der Waals surface area contributed by atoms with Crippen molar-refractivity contribution in [3.8, 4) is 0 Å². The minimum Gasteiger partial charge on any atom is -0.478 e. The van der Waals surface area contributed by atoms with Gasteiger partial charge in [0.25, 0.3) is 0 Å². The van der Waals surface area contributed by atoms with Crippen molar-refractivity contribution in [2.75, 3.05) is 6.54 Å². The molecule has 1 aromatic carbocycles. The SMILES string of the molecule is O=C(O)c1ccc2c(c1Cl)CCN(C(=O)O)C2. The van der Waals surface area contributed by atoms with Crippen molar-refractivity contribution < 1.29 is 19.8 Å². The van der Waals surface area contributed by atoms with Crippen LogP contribution in [0.15, 0.2) is 12.1 Å². The molecule has 0 spiro atoms. The molecular formula is C11H10ClNO4. The number of hydrogen-bond donors (Lipinski definition) is 2. The van der Waals surface area contributed by atoms with Crippen molar-refractivity contribution in [2.45, 2.75) is 13.0 Å². The van der Waals surface area contributed by atoms with Gasteiger partial charge in [0.15, 0.2) is 0 Å². The molecule has 0 aliphatic carbocycles. The van der Waals surface area contributed by atoms with Gasteiger partial charge in [-0.15, -0.1) is 0 Å². The van der Waals surface area contributed by atoms with Gasteiger partial charge in [0.2, 0.25) is 0 Å². The van der Waals surface area contributed by atoms with Crippen LogP contribution in [-0.4, -0.2) is 33.7 Å². The molecule has 2 N–H and O–H groups in total. The minimum atomic E-state index is -1.07. The topological polar surface area (TPSA) is 77.8 Å². The van der Waals surface area contributed by atoms with Crippen molar-refractivity contribution in [3.05, 3.63) is 33.8 Å². The fraction of sp³-hybridized carbons (Fsp3) is 0.273. The summed E-state index contributed by atoms with van der Waals surface area (Å²) in [6.07, 6.45) is -0.532. The molecular weight excluding hydrogens is 246 g/mol. The summed E-state index contributed by atoms with van der Waals surface area (Å²) in [6.45, 7) is 0.593. The Hall–Kier alpha value is -1.75. The highest BCUT2D eigenvalue weighted by atomic mass is 35.5. The third-order valence-corrected chi connectivity index (χ3v) is 3.27. The fourth-order valence-electron chi connectivity index (χ4n) is 1.94. The van der Waals surface area contributed by atoms with Gasteiger partial charge in [-0.05, 0) is 23.6 Å². The molecule has 0 saturated carbocycles. The van der Waals surface area contributed by atoms with E-state index in [4.69, 9.17) is 21.8 Å². The molecule has 0 aromatic heterocycles. The minimum absolute atomic E-state index is 0.0641. The normalized spacial score (nSPS) is 14.3. The number of fused-ring (bicyclic) bond motifs is 1. The van der Waals surface area contributed by atoms with E-state index in [9.17, 15) is 9.59 Å². The Morgan fingerprint density at radius 3 is 2.59 bits per heavy atom. The van der Waals surface area contributed by atoms with Crippen LogP contribution in [0.1, 0.15) is 21.5 Å². The number of amides is 1. The standard InChI is InChI=1S/C11H10ClNO4/c12-9-7-3-4-13(11(16)17)5-6(7)1-2-8(9)10(14)15/h1-2H,3-5H2,(H,14,15)(H,16,17). The van der Waals surface area contributed by atoms with Crippen LogP contribution in [0.4, 0.5) is 4.79 Å². The van der Waals surface area contributed by atoms with Crippen LogP contribution in [0.2, 0.25) is 5.02 Å². The van der Waals surface area contributed by atoms with Gasteiger partial charge in [-0.25, -0.2) is 9.59 Å². The molecule has 1 heterocycles. The van der Waals surface area contributed by atoms with E-state index in [0.29, 0.717) is 13.0 Å². The van der Waals surface area contributed by atoms with E-state index in [-0.39, 0.29) is 17.1 Å². The van der Waals surface area contributed by atoms with Gasteiger partial charge in [-0.3, -0.25) is 0 Å². The number of carboxylic acid groups (broad SMARTS) is 2. The summed E-state index contributed by atoms with van der Waals surface area (Å²) in [5.74, 6) is -1.07. The first-order valence-corrected chi connectivity index (χ1v) is 5.40. The molecule has 1 aliphatic heterocycles. The van der Waals surface area contributed by atoms with E-state index in [0.717, 1.165) is 11.1 Å². The molecule has 0 fully saturated rings. The van der Waals surface area contributed by atoms with Crippen molar-refractivity contribution in [1.82, 2.24) is 4.90 Å². The first kappa shape index (κ1) is 11.7. The van der Waals surface area contributed by atoms with Crippen LogP contribution < -0.4 is 0 Å². The van der Waals surface area contributed by atoms with Crippen molar-refractivity contribution in [1.29, 1.82) is 0 Å². The maximum Gasteiger partial charge on any atom is 0.407 e. The smallest absolute Gasteiger partial charge is 0.407 e. The number of nitrogens with zero attached hydrogens (tertiary/aromatic N) is 1. The summed E-state index contributed by atoms with van der Waals surface area (Å²) in [6, 6.07) is 3.04. The Labute approximate surface area is 102 Å². The predicted octanol–water partition coefficient (Wildman–Crippen LogP) is 2.07. The van der Waals surface area contributed by atoms with Crippen molar-refractivity contribution in [3.63, 3.8) is 0 Å². The second kappa shape index (κ2) is 4.25. The highest BCUT2D eigenvalue weighted by Gasteiger charge is 2.24. The average molecular weight is 256 g/mol. The van der Waals surface area contributed by atoms with Crippen molar-refractivity contribution >= 4 is 23.7 Å². The second-order valence-electron chi connectivity index (χ2n) is 3.82. The lowest BCUT2D eigenvalue weighted by Gasteiger charge is -2.27. The first-order chi connectivity index (χ1) is 8.00. The van der Waals surface area contributed by atoms with Crippen LogP contribution >= 0.6 is 11.6 Å². The van der Waals surface area contributed by atoms with E-state index in [2.05, 4.69) is 0 Å². The van der Waals surface area contributed by atoms with Gasteiger partial charge >= 0.3 is 12.1 Å². The monoisotopic (exact) mass is 255 g/mol. The third kappa shape index (κ3) is 2.06. The number of carboxylic acids is 1. The summed E-state index contributed by atoms with van der Waals surface area (Å²) < 4.78 is 0. The quantitative estimate of drug-likeness (QED) is 0.805. The Balaban J connectivity index is 2.40. The number of aromatic carboxylic acids is 1. The fourth-order valence-corrected chi connectivity index (χ4v) is 2.30. The van der Waals surface area contributed by atoms with E-state index in [1.165, 1.54) is 11.0 Å². The van der Waals surface area contributed by atoms with Gasteiger partial charge in [0.05, 0.1) is 10.6 Å². The van der Waals surface area contributed by atoms with Gasteiger partial charge < -0.3 is 15.1 Å². The lowest BCUT2D eigenvalue weighted by Crippen LogP contribution is -2.35. The lowest BCUT2D eigenvalue weighted by molar-refractivity contribution is 0.0696. The van der Waals surface area contributed by atoms with Crippen LogP contribution in [0.5, 0.6) is 0 Å². The maximum atomic E-state index is 10.9. The third-order valence-electron chi connectivity index (χ3n) is 2.83. The van der Waals surface area contributed by atoms with E-state index in [1.807, 2.05) is 0 Å². The number of carbonyl (C=O) groups is 2. The van der Waals surface area contributed by atoms with Crippen LogP contribution in [0.3, 0.4) is 0 Å². The van der Waals surface area contributed by atoms with Crippen LogP contribution in [0, 0.1) is 0 Å². The summed E-state index contributed by atoms with van der Waals surface area (Å²) in [4.78, 5) is 23.0. The highest BCUT2D eigenvalue weighted by molar-refractivity contribution is 6.34. The van der Waals surface area contributed by atoms with Gasteiger partial charge in [-0.2, -0.15) is 0 Å². The molecule has 0 radical (unpaired) electrons. The molecule has 0 bridgehead atoms. The number of hydrogen-bond acceptors (Lipinski definition) is 2. The average Bonchev–Trinajstić information content (AvgIpc) is 2.28. The molecule has 2 rings (SSSR count). The van der Waals surface area contributed by atoms with E-state index >= 15 is 0 Å².